The van der Waals surface area contributed by atoms with Gasteiger partial charge in [-0.3, -0.25) is 0 Å². The monoisotopic (exact) mass is 272 g/mol. The molecule has 0 saturated heterocycles. The molecule has 2 aromatic rings. The molecule has 1 heterocycles. The van der Waals surface area contributed by atoms with E-state index in [2.05, 4.69) is 22.2 Å². The van der Waals surface area contributed by atoms with E-state index in [9.17, 15) is 5.11 Å². The lowest BCUT2D eigenvalue weighted by atomic mass is 10.1. The van der Waals surface area contributed by atoms with Crippen LogP contribution in [-0.4, -0.2) is 21.6 Å². The van der Waals surface area contributed by atoms with E-state index in [1.165, 1.54) is 0 Å². The Morgan fingerprint density at radius 1 is 1.25 bits per heavy atom. The third-order valence-electron chi connectivity index (χ3n) is 3.03. The molecule has 0 aliphatic rings. The molecule has 0 aliphatic carbocycles. The average molecular weight is 272 g/mol. The van der Waals surface area contributed by atoms with Gasteiger partial charge in [-0.2, -0.15) is 0 Å². The summed E-state index contributed by atoms with van der Waals surface area (Å²) in [6.45, 7) is 2.51. The molecular formula is C15H20N4O. The summed E-state index contributed by atoms with van der Waals surface area (Å²) in [7, 11) is 0. The second-order valence-electron chi connectivity index (χ2n) is 4.71. The summed E-state index contributed by atoms with van der Waals surface area (Å²) in [5.41, 5.74) is 8.15. The van der Waals surface area contributed by atoms with Crippen molar-refractivity contribution >= 4 is 11.5 Å². The number of nitrogens with zero attached hydrogens (tertiary/aromatic N) is 2. The molecule has 106 valence electrons. The Morgan fingerprint density at radius 3 is 2.70 bits per heavy atom. The standard InChI is InChI=1S/C15H20N4O/c1-2-3-13-8-15(19-10-18-13)17-9-14(20)11-4-6-12(16)7-5-11/h4-8,10,14,20H,2-3,9,16H2,1H3,(H,17,18,19). The van der Waals surface area contributed by atoms with Gasteiger partial charge >= 0.3 is 0 Å². The molecule has 1 aromatic carbocycles. The van der Waals surface area contributed by atoms with Crippen molar-refractivity contribution < 1.29 is 5.11 Å². The van der Waals surface area contributed by atoms with Crippen molar-refractivity contribution in [3.8, 4) is 0 Å². The van der Waals surface area contributed by atoms with Crippen LogP contribution in [0.15, 0.2) is 36.7 Å². The molecule has 0 aliphatic heterocycles. The van der Waals surface area contributed by atoms with Crippen LogP contribution in [0, 0.1) is 0 Å². The first-order valence-corrected chi connectivity index (χ1v) is 6.77. The Hall–Kier alpha value is -2.14. The molecule has 2 rings (SSSR count). The lowest BCUT2D eigenvalue weighted by Crippen LogP contribution is -2.13. The van der Waals surface area contributed by atoms with E-state index in [4.69, 9.17) is 5.73 Å². The summed E-state index contributed by atoms with van der Waals surface area (Å²) in [6.07, 6.45) is 2.92. The molecule has 0 bridgehead atoms. The number of rotatable bonds is 6. The molecule has 0 fully saturated rings. The zero-order valence-corrected chi connectivity index (χ0v) is 11.6. The quantitative estimate of drug-likeness (QED) is 0.702. The van der Waals surface area contributed by atoms with Crippen LogP contribution < -0.4 is 11.1 Å². The normalized spacial score (nSPS) is 12.1. The highest BCUT2D eigenvalue weighted by atomic mass is 16.3. The number of nitrogens with one attached hydrogen (secondary N) is 1. The van der Waals surface area contributed by atoms with Gasteiger partial charge < -0.3 is 16.2 Å². The summed E-state index contributed by atoms with van der Waals surface area (Å²) in [6, 6.07) is 9.12. The molecular weight excluding hydrogens is 252 g/mol. The Kier molecular flexibility index (Phi) is 4.90. The summed E-state index contributed by atoms with van der Waals surface area (Å²) in [4.78, 5) is 8.34. The van der Waals surface area contributed by atoms with Crippen molar-refractivity contribution in [2.24, 2.45) is 0 Å². The van der Waals surface area contributed by atoms with E-state index in [1.54, 1.807) is 18.5 Å². The number of benzene rings is 1. The number of hydrogen-bond donors (Lipinski definition) is 3. The van der Waals surface area contributed by atoms with E-state index < -0.39 is 6.10 Å². The zero-order valence-electron chi connectivity index (χ0n) is 11.6. The Morgan fingerprint density at radius 2 is 2.00 bits per heavy atom. The SMILES string of the molecule is CCCc1cc(NCC(O)c2ccc(N)cc2)ncn1. The fraction of sp³-hybridized carbons (Fsp3) is 0.333. The molecule has 0 amide bonds. The summed E-state index contributed by atoms with van der Waals surface area (Å²) in [5, 5.41) is 13.2. The van der Waals surface area contributed by atoms with Crippen molar-refractivity contribution in [1.82, 2.24) is 9.97 Å². The maximum atomic E-state index is 10.1. The topological polar surface area (TPSA) is 84.1 Å². The molecule has 5 nitrogen and oxygen atoms in total. The fourth-order valence-corrected chi connectivity index (χ4v) is 1.92. The molecule has 1 unspecified atom stereocenters. The molecule has 4 N–H and O–H groups in total. The molecule has 0 radical (unpaired) electrons. The second-order valence-corrected chi connectivity index (χ2v) is 4.71. The van der Waals surface area contributed by atoms with Crippen LogP contribution in [0.1, 0.15) is 30.7 Å². The van der Waals surface area contributed by atoms with Gasteiger partial charge in [-0.1, -0.05) is 25.5 Å². The van der Waals surface area contributed by atoms with Gasteiger partial charge in [0.05, 0.1) is 6.10 Å². The second kappa shape index (κ2) is 6.86. The smallest absolute Gasteiger partial charge is 0.129 e. The maximum Gasteiger partial charge on any atom is 0.129 e. The van der Waals surface area contributed by atoms with Crippen LogP contribution in [0.3, 0.4) is 0 Å². The lowest BCUT2D eigenvalue weighted by Gasteiger charge is -2.13. The van der Waals surface area contributed by atoms with Crippen LogP contribution >= 0.6 is 0 Å². The van der Waals surface area contributed by atoms with Crippen molar-refractivity contribution in [2.75, 3.05) is 17.6 Å². The lowest BCUT2D eigenvalue weighted by molar-refractivity contribution is 0.191. The van der Waals surface area contributed by atoms with Crippen LogP contribution in [0.25, 0.3) is 0 Å². The highest BCUT2D eigenvalue weighted by Crippen LogP contribution is 2.15. The highest BCUT2D eigenvalue weighted by Gasteiger charge is 2.07. The van der Waals surface area contributed by atoms with Crippen molar-refractivity contribution in [2.45, 2.75) is 25.9 Å². The largest absolute Gasteiger partial charge is 0.399 e. The van der Waals surface area contributed by atoms with Gasteiger partial charge in [-0.25, -0.2) is 9.97 Å². The predicted molar refractivity (Wildman–Crippen MR) is 80.3 cm³/mol. The number of nitrogens with two attached hydrogens (primary N) is 1. The number of aromatic nitrogens is 2. The number of hydrogen-bond acceptors (Lipinski definition) is 5. The van der Waals surface area contributed by atoms with Crippen molar-refractivity contribution in [3.63, 3.8) is 0 Å². The first-order chi connectivity index (χ1) is 9.69. The highest BCUT2D eigenvalue weighted by molar-refractivity contribution is 5.40. The van der Waals surface area contributed by atoms with E-state index in [1.807, 2.05) is 18.2 Å². The van der Waals surface area contributed by atoms with Crippen molar-refractivity contribution in [1.29, 1.82) is 0 Å². The fourth-order valence-electron chi connectivity index (χ4n) is 1.92. The molecule has 5 heteroatoms. The van der Waals surface area contributed by atoms with Gasteiger partial charge in [0.2, 0.25) is 0 Å². The Labute approximate surface area is 118 Å². The molecule has 20 heavy (non-hydrogen) atoms. The third-order valence-corrected chi connectivity index (χ3v) is 3.03. The Bertz CT molecular complexity index is 542. The molecule has 1 aromatic heterocycles. The van der Waals surface area contributed by atoms with Crippen molar-refractivity contribution in [3.05, 3.63) is 47.9 Å². The third kappa shape index (κ3) is 3.93. The first kappa shape index (κ1) is 14.3. The van der Waals surface area contributed by atoms with Crippen LogP contribution in [0.5, 0.6) is 0 Å². The molecule has 0 saturated carbocycles. The summed E-state index contributed by atoms with van der Waals surface area (Å²) < 4.78 is 0. The predicted octanol–water partition coefficient (Wildman–Crippen LogP) is 2.16. The van der Waals surface area contributed by atoms with Crippen LogP contribution in [0.4, 0.5) is 11.5 Å². The number of anilines is 2. The van der Waals surface area contributed by atoms with Gasteiger partial charge in [0.15, 0.2) is 0 Å². The van der Waals surface area contributed by atoms with Gasteiger partial charge in [-0.05, 0) is 24.1 Å². The van der Waals surface area contributed by atoms with E-state index >= 15 is 0 Å². The van der Waals surface area contributed by atoms with E-state index in [0.29, 0.717) is 12.2 Å². The Balaban J connectivity index is 1.94. The van der Waals surface area contributed by atoms with Gasteiger partial charge in [0.1, 0.15) is 12.1 Å². The van der Waals surface area contributed by atoms with Gasteiger partial charge in [0.25, 0.3) is 0 Å². The van der Waals surface area contributed by atoms with Gasteiger partial charge in [-0.15, -0.1) is 0 Å². The van der Waals surface area contributed by atoms with Crippen LogP contribution in [0.2, 0.25) is 0 Å². The minimum atomic E-state index is -0.597. The number of aryl methyl sites for hydroxylation is 1. The first-order valence-electron chi connectivity index (χ1n) is 6.77. The van der Waals surface area contributed by atoms with E-state index in [-0.39, 0.29) is 0 Å². The van der Waals surface area contributed by atoms with Gasteiger partial charge in [0, 0.05) is 24.0 Å². The van der Waals surface area contributed by atoms with E-state index in [0.717, 1.165) is 29.9 Å². The number of nitrogen functional groups attached to an aromatic ring is 1. The minimum absolute atomic E-state index is 0.395. The number of aliphatic hydroxyl groups is 1. The zero-order chi connectivity index (χ0) is 14.4. The number of aliphatic hydroxyl groups excluding tert-OH is 1. The minimum Gasteiger partial charge on any atom is -0.399 e. The molecule has 0 spiro atoms. The van der Waals surface area contributed by atoms with Crippen LogP contribution in [-0.2, 0) is 6.42 Å². The average Bonchev–Trinajstić information content (AvgIpc) is 2.46. The molecule has 1 atom stereocenters. The maximum absolute atomic E-state index is 10.1. The summed E-state index contributed by atoms with van der Waals surface area (Å²) >= 11 is 0. The summed E-state index contributed by atoms with van der Waals surface area (Å²) in [5.74, 6) is 0.734.